The molecule has 0 nitrogen and oxygen atoms in total. The van der Waals surface area contributed by atoms with E-state index in [9.17, 15) is 0 Å². The lowest BCUT2D eigenvalue weighted by molar-refractivity contribution is 0.991. The van der Waals surface area contributed by atoms with Gasteiger partial charge in [0.1, 0.15) is 0 Å². The molecule has 0 heterocycles. The van der Waals surface area contributed by atoms with Crippen LogP contribution >= 0.6 is 15.9 Å². The van der Waals surface area contributed by atoms with E-state index >= 15 is 0 Å². The lowest BCUT2D eigenvalue weighted by Crippen LogP contribution is -1.96. The van der Waals surface area contributed by atoms with Gasteiger partial charge in [-0.25, -0.2) is 0 Å². The highest BCUT2D eigenvalue weighted by molar-refractivity contribution is 9.10. The van der Waals surface area contributed by atoms with Crippen LogP contribution in [0.4, 0.5) is 0 Å². The van der Waals surface area contributed by atoms with Gasteiger partial charge in [-0.05, 0) is 59.4 Å². The van der Waals surface area contributed by atoms with E-state index in [1.165, 1.54) is 33.4 Å². The van der Waals surface area contributed by atoms with Gasteiger partial charge >= 0.3 is 0 Å². The maximum atomic E-state index is 3.64. The second-order valence-corrected chi connectivity index (χ2v) is 6.27. The summed E-state index contributed by atoms with van der Waals surface area (Å²) in [4.78, 5) is 0. The van der Waals surface area contributed by atoms with Gasteiger partial charge in [-0.3, -0.25) is 0 Å². The molecule has 0 saturated heterocycles. The third-order valence-electron chi connectivity index (χ3n) is 4.09. The maximum Gasteiger partial charge on any atom is 0.0187 e. The van der Waals surface area contributed by atoms with Gasteiger partial charge in [0.2, 0.25) is 0 Å². The minimum Gasteiger partial charge on any atom is -0.0766 e. The smallest absolute Gasteiger partial charge is 0.0187 e. The van der Waals surface area contributed by atoms with Crippen LogP contribution in [0.25, 0.3) is 17.2 Å². The van der Waals surface area contributed by atoms with E-state index in [4.69, 9.17) is 0 Å². The number of allylic oxidation sites excluding steroid dienone is 1. The van der Waals surface area contributed by atoms with Gasteiger partial charge in [0.15, 0.2) is 0 Å². The first-order valence-electron chi connectivity index (χ1n) is 6.66. The van der Waals surface area contributed by atoms with Crippen LogP contribution in [0.15, 0.2) is 40.9 Å². The third kappa shape index (κ3) is 2.06. The SMILES string of the molecule is Cc1cccc(-c2cc(Br)cc3c2C(C)C=C3)c1C. The zero-order valence-electron chi connectivity index (χ0n) is 11.5. The standard InChI is InChI=1S/C18H17Br/c1-11-5-4-6-16(13(11)3)17-10-15(19)9-14-8-7-12(2)18(14)17/h4-10,12H,1-3H3. The van der Waals surface area contributed by atoms with Crippen LogP contribution in [0.5, 0.6) is 0 Å². The number of aryl methyl sites for hydroxylation is 1. The molecule has 1 atom stereocenters. The number of hydrogen-bond donors (Lipinski definition) is 0. The van der Waals surface area contributed by atoms with Crippen molar-refractivity contribution in [3.05, 3.63) is 63.1 Å². The van der Waals surface area contributed by atoms with Gasteiger partial charge in [0, 0.05) is 10.4 Å². The van der Waals surface area contributed by atoms with Crippen molar-refractivity contribution in [3.63, 3.8) is 0 Å². The van der Waals surface area contributed by atoms with E-state index in [2.05, 4.69) is 79.2 Å². The average Bonchev–Trinajstić information content (AvgIpc) is 2.73. The first-order chi connectivity index (χ1) is 9.08. The van der Waals surface area contributed by atoms with Gasteiger partial charge in [-0.15, -0.1) is 0 Å². The lowest BCUT2D eigenvalue weighted by atomic mass is 9.89. The van der Waals surface area contributed by atoms with Gasteiger partial charge in [-0.1, -0.05) is 53.2 Å². The second kappa shape index (κ2) is 4.64. The minimum absolute atomic E-state index is 0.498. The molecule has 0 aromatic heterocycles. The number of hydrogen-bond acceptors (Lipinski definition) is 0. The monoisotopic (exact) mass is 312 g/mol. The van der Waals surface area contributed by atoms with E-state index in [0.29, 0.717) is 5.92 Å². The molecule has 1 aliphatic rings. The first kappa shape index (κ1) is 12.7. The Labute approximate surface area is 123 Å². The summed E-state index contributed by atoms with van der Waals surface area (Å²) in [5.74, 6) is 0.498. The fourth-order valence-corrected chi connectivity index (χ4v) is 3.37. The summed E-state index contributed by atoms with van der Waals surface area (Å²) in [5.41, 5.74) is 8.25. The molecule has 96 valence electrons. The van der Waals surface area contributed by atoms with Crippen LogP contribution < -0.4 is 0 Å². The molecule has 0 saturated carbocycles. The molecule has 0 radical (unpaired) electrons. The highest BCUT2D eigenvalue weighted by Gasteiger charge is 2.20. The van der Waals surface area contributed by atoms with Crippen molar-refractivity contribution in [2.24, 2.45) is 0 Å². The minimum atomic E-state index is 0.498. The molecule has 0 spiro atoms. The molecule has 2 aromatic rings. The van der Waals surface area contributed by atoms with Crippen molar-refractivity contribution < 1.29 is 0 Å². The van der Waals surface area contributed by atoms with Crippen molar-refractivity contribution in [1.82, 2.24) is 0 Å². The Morgan fingerprint density at radius 2 is 1.84 bits per heavy atom. The molecular formula is C18H17Br. The summed E-state index contributed by atoms with van der Waals surface area (Å²) in [7, 11) is 0. The Hall–Kier alpha value is -1.34. The number of fused-ring (bicyclic) bond motifs is 1. The Kier molecular flexibility index (Phi) is 3.10. The largest absolute Gasteiger partial charge is 0.0766 e. The Morgan fingerprint density at radius 1 is 1.05 bits per heavy atom. The molecule has 1 unspecified atom stereocenters. The quantitative estimate of drug-likeness (QED) is 0.618. The van der Waals surface area contributed by atoms with Gasteiger partial charge in [0.05, 0.1) is 0 Å². The number of benzene rings is 2. The fourth-order valence-electron chi connectivity index (χ4n) is 2.90. The third-order valence-corrected chi connectivity index (χ3v) is 4.55. The van der Waals surface area contributed by atoms with Crippen molar-refractivity contribution in [2.75, 3.05) is 0 Å². The van der Waals surface area contributed by atoms with Crippen LogP contribution in [0, 0.1) is 13.8 Å². The summed E-state index contributed by atoms with van der Waals surface area (Å²) in [6.07, 6.45) is 4.52. The molecule has 2 aromatic carbocycles. The molecule has 0 bridgehead atoms. The number of halogens is 1. The maximum absolute atomic E-state index is 3.64. The summed E-state index contributed by atoms with van der Waals surface area (Å²) < 4.78 is 1.15. The van der Waals surface area contributed by atoms with E-state index < -0.39 is 0 Å². The average molecular weight is 313 g/mol. The zero-order valence-corrected chi connectivity index (χ0v) is 13.1. The van der Waals surface area contributed by atoms with Crippen molar-refractivity contribution in [3.8, 4) is 11.1 Å². The highest BCUT2D eigenvalue weighted by atomic mass is 79.9. The predicted octanol–water partition coefficient (Wildman–Crippen LogP) is 5.86. The summed E-state index contributed by atoms with van der Waals surface area (Å²) in [5, 5.41) is 0. The normalized spacial score (nSPS) is 16.7. The Morgan fingerprint density at radius 3 is 2.63 bits per heavy atom. The van der Waals surface area contributed by atoms with Crippen LogP contribution in [0.2, 0.25) is 0 Å². The van der Waals surface area contributed by atoms with E-state index in [1.54, 1.807) is 0 Å². The first-order valence-corrected chi connectivity index (χ1v) is 7.45. The molecule has 0 fully saturated rings. The van der Waals surface area contributed by atoms with Crippen molar-refractivity contribution in [1.29, 1.82) is 0 Å². The van der Waals surface area contributed by atoms with Gasteiger partial charge in [-0.2, -0.15) is 0 Å². The van der Waals surface area contributed by atoms with Gasteiger partial charge in [0.25, 0.3) is 0 Å². The Bertz CT molecular complexity index is 680. The molecule has 0 aliphatic heterocycles. The lowest BCUT2D eigenvalue weighted by Gasteiger charge is -2.16. The molecular weight excluding hydrogens is 296 g/mol. The second-order valence-electron chi connectivity index (χ2n) is 5.35. The molecule has 0 N–H and O–H groups in total. The summed E-state index contributed by atoms with van der Waals surface area (Å²) >= 11 is 3.64. The van der Waals surface area contributed by atoms with Crippen molar-refractivity contribution >= 4 is 22.0 Å². The van der Waals surface area contributed by atoms with Crippen LogP contribution in [0.1, 0.15) is 35.1 Å². The molecule has 0 amide bonds. The molecule has 1 heteroatoms. The Balaban J connectivity index is 2.30. The van der Waals surface area contributed by atoms with E-state index in [0.717, 1.165) is 4.47 Å². The predicted molar refractivity (Wildman–Crippen MR) is 86.5 cm³/mol. The molecule has 1 aliphatic carbocycles. The van der Waals surface area contributed by atoms with E-state index in [1.807, 2.05) is 0 Å². The van der Waals surface area contributed by atoms with Crippen LogP contribution in [0.3, 0.4) is 0 Å². The van der Waals surface area contributed by atoms with Crippen molar-refractivity contribution in [2.45, 2.75) is 26.7 Å². The van der Waals surface area contributed by atoms with Gasteiger partial charge < -0.3 is 0 Å². The zero-order chi connectivity index (χ0) is 13.6. The molecule has 19 heavy (non-hydrogen) atoms. The fraction of sp³-hybridized carbons (Fsp3) is 0.222. The summed E-state index contributed by atoms with van der Waals surface area (Å²) in [6, 6.07) is 11.0. The summed E-state index contributed by atoms with van der Waals surface area (Å²) in [6.45, 7) is 6.66. The topological polar surface area (TPSA) is 0 Å². The highest BCUT2D eigenvalue weighted by Crippen LogP contribution is 2.41. The molecule has 3 rings (SSSR count). The van der Waals surface area contributed by atoms with Crippen LogP contribution in [-0.4, -0.2) is 0 Å². The van der Waals surface area contributed by atoms with E-state index in [-0.39, 0.29) is 0 Å². The van der Waals surface area contributed by atoms with Crippen LogP contribution in [-0.2, 0) is 0 Å². The number of rotatable bonds is 1.